The molecule has 0 saturated heterocycles. The molecule has 2 nitrogen and oxygen atoms in total. The van der Waals surface area contributed by atoms with Crippen molar-refractivity contribution < 1.29 is 0 Å². The topological polar surface area (TPSA) is 47.6 Å². The van der Waals surface area contributed by atoms with Gasteiger partial charge in [-0.05, 0) is 18.2 Å². The van der Waals surface area contributed by atoms with E-state index < -0.39 is 0 Å². The van der Waals surface area contributed by atoms with Crippen molar-refractivity contribution >= 4 is 23.4 Å². The maximum atomic E-state index is 8.48. The van der Waals surface area contributed by atoms with Crippen LogP contribution in [0.2, 0.25) is 5.02 Å². The molecule has 0 radical (unpaired) electrons. The van der Waals surface area contributed by atoms with Gasteiger partial charge in [-0.3, -0.25) is 0 Å². The van der Waals surface area contributed by atoms with Gasteiger partial charge in [-0.15, -0.1) is 0 Å². The van der Waals surface area contributed by atoms with Crippen LogP contribution in [0.25, 0.3) is 0 Å². The minimum atomic E-state index is 0.0926. The van der Waals surface area contributed by atoms with Gasteiger partial charge in [0, 0.05) is 15.3 Å². The van der Waals surface area contributed by atoms with Crippen LogP contribution in [-0.4, -0.2) is 0 Å². The predicted octanol–water partition coefficient (Wildman–Crippen LogP) is 3.36. The Morgan fingerprint density at radius 1 is 1.36 bits per heavy atom. The summed E-state index contributed by atoms with van der Waals surface area (Å²) < 4.78 is 0. The number of nitriles is 2. The Hall–Kier alpha value is -1.42. The van der Waals surface area contributed by atoms with Gasteiger partial charge < -0.3 is 0 Å². The van der Waals surface area contributed by atoms with Crippen molar-refractivity contribution in [1.29, 1.82) is 10.5 Å². The Morgan fingerprint density at radius 3 is 2.64 bits per heavy atom. The molecular weight excluding hydrogens is 216 g/mol. The maximum Gasteiger partial charge on any atom is 0.136 e. The lowest BCUT2D eigenvalue weighted by atomic mass is 10.4. The number of allylic oxidation sites excluding steroid dienone is 1. The quantitative estimate of drug-likeness (QED) is 0.567. The van der Waals surface area contributed by atoms with Crippen LogP contribution < -0.4 is 0 Å². The summed E-state index contributed by atoms with van der Waals surface area (Å²) in [4.78, 5) is 0.903. The Balaban J connectivity index is 2.77. The molecule has 0 fully saturated rings. The summed E-state index contributed by atoms with van der Waals surface area (Å²) in [5, 5.41) is 19.1. The van der Waals surface area contributed by atoms with Crippen LogP contribution in [0.15, 0.2) is 40.1 Å². The van der Waals surface area contributed by atoms with E-state index >= 15 is 0 Å². The third-order valence-electron chi connectivity index (χ3n) is 1.35. The lowest BCUT2D eigenvalue weighted by molar-refractivity contribution is 1.46. The molecule has 0 aliphatic rings. The second-order valence-corrected chi connectivity index (χ2v) is 3.71. The number of halogens is 1. The normalized spacial score (nSPS) is 8.50. The van der Waals surface area contributed by atoms with Gasteiger partial charge in [0.15, 0.2) is 0 Å². The highest BCUT2D eigenvalue weighted by Gasteiger charge is 1.95. The summed E-state index contributed by atoms with van der Waals surface area (Å²) in [6.07, 6.45) is 0. The number of rotatable bonds is 2. The van der Waals surface area contributed by atoms with Crippen molar-refractivity contribution in [3.8, 4) is 12.1 Å². The first-order chi connectivity index (χ1) is 6.76. The van der Waals surface area contributed by atoms with Crippen molar-refractivity contribution in [1.82, 2.24) is 0 Å². The van der Waals surface area contributed by atoms with Crippen LogP contribution in [-0.2, 0) is 0 Å². The van der Waals surface area contributed by atoms with Crippen molar-refractivity contribution in [3.63, 3.8) is 0 Å². The first kappa shape index (κ1) is 10.7. The van der Waals surface area contributed by atoms with Crippen molar-refractivity contribution in [2.45, 2.75) is 4.90 Å². The lowest BCUT2D eigenvalue weighted by Gasteiger charge is -1.95. The van der Waals surface area contributed by atoms with Crippen LogP contribution in [0.1, 0.15) is 0 Å². The minimum absolute atomic E-state index is 0.0926. The molecule has 4 heteroatoms. The second kappa shape index (κ2) is 5.34. The molecule has 0 atom stereocenters. The molecule has 68 valence electrons. The van der Waals surface area contributed by atoms with E-state index in [0.29, 0.717) is 5.02 Å². The van der Waals surface area contributed by atoms with Crippen LogP contribution in [0.4, 0.5) is 0 Å². The average molecular weight is 221 g/mol. The van der Waals surface area contributed by atoms with E-state index in [1.54, 1.807) is 24.3 Å². The van der Waals surface area contributed by atoms with Crippen LogP contribution in [0.3, 0.4) is 0 Å². The fourth-order valence-electron chi connectivity index (χ4n) is 0.745. The molecule has 0 unspecified atom stereocenters. The number of thioether (sulfide) groups is 1. The van der Waals surface area contributed by atoms with E-state index in [4.69, 9.17) is 22.1 Å². The summed E-state index contributed by atoms with van der Waals surface area (Å²) in [6.45, 7) is 0. The zero-order chi connectivity index (χ0) is 10.4. The lowest BCUT2D eigenvalue weighted by Crippen LogP contribution is -1.71. The summed E-state index contributed by atoms with van der Waals surface area (Å²) in [5.41, 5.74) is 0.0926. The van der Waals surface area contributed by atoms with Crippen LogP contribution in [0.5, 0.6) is 0 Å². The third kappa shape index (κ3) is 3.14. The summed E-state index contributed by atoms with van der Waals surface area (Å²) in [5.74, 6) is 0. The molecule has 1 aromatic rings. The van der Waals surface area contributed by atoms with E-state index in [1.807, 2.05) is 12.1 Å². The molecule has 0 spiro atoms. The number of nitrogens with zero attached hydrogens (tertiary/aromatic N) is 2. The van der Waals surface area contributed by atoms with Crippen LogP contribution in [0, 0.1) is 22.7 Å². The molecule has 0 aliphatic heterocycles. The number of hydrogen-bond donors (Lipinski definition) is 0. The highest BCUT2D eigenvalue weighted by Crippen LogP contribution is 2.23. The highest BCUT2D eigenvalue weighted by molar-refractivity contribution is 8.02. The average Bonchev–Trinajstić information content (AvgIpc) is 2.19. The van der Waals surface area contributed by atoms with Gasteiger partial charge in [0.2, 0.25) is 0 Å². The molecule has 0 saturated carbocycles. The van der Waals surface area contributed by atoms with Gasteiger partial charge in [-0.2, -0.15) is 10.5 Å². The first-order valence-electron chi connectivity index (χ1n) is 3.69. The SMILES string of the molecule is N#CC(C#N)=CSc1cccc(Cl)c1. The van der Waals surface area contributed by atoms with E-state index in [1.165, 1.54) is 17.2 Å². The Kier molecular flexibility index (Phi) is 4.07. The first-order valence-corrected chi connectivity index (χ1v) is 4.94. The van der Waals surface area contributed by atoms with E-state index in [-0.39, 0.29) is 5.57 Å². The molecule has 14 heavy (non-hydrogen) atoms. The van der Waals surface area contributed by atoms with E-state index in [2.05, 4.69) is 0 Å². The molecule has 0 heterocycles. The largest absolute Gasteiger partial charge is 0.192 e. The molecule has 0 amide bonds. The monoisotopic (exact) mass is 220 g/mol. The van der Waals surface area contributed by atoms with Gasteiger partial charge >= 0.3 is 0 Å². The zero-order valence-corrected chi connectivity index (χ0v) is 8.64. The zero-order valence-electron chi connectivity index (χ0n) is 7.07. The van der Waals surface area contributed by atoms with Gasteiger partial charge in [0.1, 0.15) is 17.7 Å². The van der Waals surface area contributed by atoms with Gasteiger partial charge in [-0.25, -0.2) is 0 Å². The molecule has 0 aliphatic carbocycles. The minimum Gasteiger partial charge on any atom is -0.192 e. The number of hydrogen-bond acceptors (Lipinski definition) is 3. The Morgan fingerprint density at radius 2 is 2.07 bits per heavy atom. The number of benzene rings is 1. The Labute approximate surface area is 91.4 Å². The predicted molar refractivity (Wildman–Crippen MR) is 56.6 cm³/mol. The Bertz CT molecular complexity index is 424. The molecule has 0 bridgehead atoms. The fraction of sp³-hybridized carbons (Fsp3) is 0. The van der Waals surface area contributed by atoms with Gasteiger partial charge in [-0.1, -0.05) is 29.4 Å². The molecule has 1 aromatic carbocycles. The molecule has 1 rings (SSSR count). The third-order valence-corrected chi connectivity index (χ3v) is 2.46. The van der Waals surface area contributed by atoms with Gasteiger partial charge in [0.05, 0.1) is 0 Å². The van der Waals surface area contributed by atoms with Gasteiger partial charge in [0.25, 0.3) is 0 Å². The smallest absolute Gasteiger partial charge is 0.136 e. The van der Waals surface area contributed by atoms with E-state index in [9.17, 15) is 0 Å². The summed E-state index contributed by atoms with van der Waals surface area (Å²) in [6, 6.07) is 10.8. The highest BCUT2D eigenvalue weighted by atomic mass is 35.5. The van der Waals surface area contributed by atoms with Crippen molar-refractivity contribution in [3.05, 3.63) is 40.3 Å². The van der Waals surface area contributed by atoms with Crippen LogP contribution >= 0.6 is 23.4 Å². The molecular formula is C10H5ClN2S. The molecule has 0 aromatic heterocycles. The second-order valence-electron chi connectivity index (χ2n) is 2.33. The molecule has 0 N–H and O–H groups in total. The standard InChI is InChI=1S/C10H5ClN2S/c11-9-2-1-3-10(4-9)14-7-8(5-12)6-13/h1-4,7H. The fourth-order valence-corrected chi connectivity index (χ4v) is 1.71. The van der Waals surface area contributed by atoms with Crippen molar-refractivity contribution in [2.75, 3.05) is 0 Å². The van der Waals surface area contributed by atoms with Crippen molar-refractivity contribution in [2.24, 2.45) is 0 Å². The summed E-state index contributed by atoms with van der Waals surface area (Å²) in [7, 11) is 0. The maximum absolute atomic E-state index is 8.48. The summed E-state index contributed by atoms with van der Waals surface area (Å²) >= 11 is 7.06. The van der Waals surface area contributed by atoms with E-state index in [0.717, 1.165) is 4.90 Å².